The van der Waals surface area contributed by atoms with Crippen molar-refractivity contribution in [3.05, 3.63) is 64.8 Å². The molecule has 4 nitrogen and oxygen atoms in total. The number of esters is 1. The van der Waals surface area contributed by atoms with Crippen LogP contribution in [-0.4, -0.2) is 16.1 Å². The lowest BCUT2D eigenvalue weighted by Gasteiger charge is -2.06. The van der Waals surface area contributed by atoms with Gasteiger partial charge in [0.25, 0.3) is 0 Å². The Balaban J connectivity index is 1.97. The number of ether oxygens (including phenoxy) is 1. The largest absolute Gasteiger partial charge is 0.506 e. The van der Waals surface area contributed by atoms with Crippen LogP contribution < -0.4 is 4.74 Å². The molecule has 0 aliphatic heterocycles. The fourth-order valence-electron chi connectivity index (χ4n) is 2.31. The second-order valence-corrected chi connectivity index (χ2v) is 5.63. The van der Waals surface area contributed by atoms with Crippen molar-refractivity contribution in [2.45, 2.75) is 6.92 Å². The van der Waals surface area contributed by atoms with Gasteiger partial charge >= 0.3 is 5.97 Å². The molecule has 2 aromatic carbocycles. The summed E-state index contributed by atoms with van der Waals surface area (Å²) in [5.41, 5.74) is 1.86. The number of rotatable bonds is 3. The fraction of sp³-hybridized carbons (Fsp3) is 0.0526. The summed E-state index contributed by atoms with van der Waals surface area (Å²) in [6.45, 7) is 1.34. The second-order valence-electron chi connectivity index (χ2n) is 5.19. The SMILES string of the molecule is CC(=O)Oc1ccc(Cl)cc1/C=C/c1ccc2cccc(O)c2n1. The standard InChI is InChI=1S/C19H14ClNO3/c1-12(22)24-18-10-7-15(20)11-14(18)6-9-16-8-5-13-3-2-4-17(23)19(13)21-16/h2-11,23H,1H3/b9-6+. The fourth-order valence-corrected chi connectivity index (χ4v) is 2.49. The van der Waals surface area contributed by atoms with Crippen LogP contribution in [0, 0.1) is 0 Å². The first kappa shape index (κ1) is 16.0. The molecular weight excluding hydrogens is 326 g/mol. The van der Waals surface area contributed by atoms with Crippen LogP contribution in [0.1, 0.15) is 18.2 Å². The highest BCUT2D eigenvalue weighted by Gasteiger charge is 2.05. The van der Waals surface area contributed by atoms with E-state index >= 15 is 0 Å². The van der Waals surface area contributed by atoms with Gasteiger partial charge in [0.05, 0.1) is 5.69 Å². The zero-order valence-corrected chi connectivity index (χ0v) is 13.6. The van der Waals surface area contributed by atoms with E-state index in [4.69, 9.17) is 16.3 Å². The Bertz CT molecular complexity index is 950. The van der Waals surface area contributed by atoms with Crippen LogP contribution in [0.4, 0.5) is 0 Å². The van der Waals surface area contributed by atoms with Crippen LogP contribution in [-0.2, 0) is 4.79 Å². The predicted molar refractivity (Wildman–Crippen MR) is 95.1 cm³/mol. The monoisotopic (exact) mass is 339 g/mol. The molecule has 0 unspecified atom stereocenters. The highest BCUT2D eigenvalue weighted by atomic mass is 35.5. The molecule has 0 spiro atoms. The number of pyridine rings is 1. The van der Waals surface area contributed by atoms with Gasteiger partial charge in [0.1, 0.15) is 17.0 Å². The van der Waals surface area contributed by atoms with Crippen molar-refractivity contribution in [3.8, 4) is 11.5 Å². The lowest BCUT2D eigenvalue weighted by atomic mass is 10.1. The number of phenols is 1. The van der Waals surface area contributed by atoms with Crippen molar-refractivity contribution >= 4 is 40.6 Å². The van der Waals surface area contributed by atoms with E-state index in [1.165, 1.54) is 6.92 Å². The lowest BCUT2D eigenvalue weighted by molar-refractivity contribution is -0.131. The maximum absolute atomic E-state index is 11.2. The summed E-state index contributed by atoms with van der Waals surface area (Å²) in [5, 5.41) is 11.3. The molecule has 3 rings (SSSR count). The minimum Gasteiger partial charge on any atom is -0.506 e. The van der Waals surface area contributed by atoms with Crippen LogP contribution in [0.3, 0.4) is 0 Å². The highest BCUT2D eigenvalue weighted by molar-refractivity contribution is 6.30. The number of aromatic hydroxyl groups is 1. The number of fused-ring (bicyclic) bond motifs is 1. The molecule has 0 bridgehead atoms. The van der Waals surface area contributed by atoms with Gasteiger partial charge in [-0.15, -0.1) is 0 Å². The van der Waals surface area contributed by atoms with E-state index < -0.39 is 5.97 Å². The second kappa shape index (κ2) is 6.72. The molecule has 0 atom stereocenters. The van der Waals surface area contributed by atoms with Crippen molar-refractivity contribution in [3.63, 3.8) is 0 Å². The lowest BCUT2D eigenvalue weighted by Crippen LogP contribution is -2.02. The van der Waals surface area contributed by atoms with Crippen molar-refractivity contribution < 1.29 is 14.6 Å². The van der Waals surface area contributed by atoms with Crippen LogP contribution in [0.15, 0.2) is 48.5 Å². The number of nitrogens with zero attached hydrogens (tertiary/aromatic N) is 1. The van der Waals surface area contributed by atoms with E-state index in [1.54, 1.807) is 42.5 Å². The number of carbonyl (C=O) groups excluding carboxylic acids is 1. The first-order chi connectivity index (χ1) is 11.5. The molecular formula is C19H14ClNO3. The molecule has 1 N–H and O–H groups in total. The van der Waals surface area contributed by atoms with E-state index in [9.17, 15) is 9.90 Å². The molecule has 1 aromatic heterocycles. The van der Waals surface area contributed by atoms with E-state index in [2.05, 4.69) is 4.98 Å². The number of hydrogen-bond donors (Lipinski definition) is 1. The van der Waals surface area contributed by atoms with E-state index in [0.717, 1.165) is 5.39 Å². The average Bonchev–Trinajstić information content (AvgIpc) is 2.55. The van der Waals surface area contributed by atoms with Crippen molar-refractivity contribution in [1.82, 2.24) is 4.98 Å². The third kappa shape index (κ3) is 3.55. The maximum atomic E-state index is 11.2. The Kier molecular flexibility index (Phi) is 4.49. The molecule has 120 valence electrons. The Morgan fingerprint density at radius 3 is 2.79 bits per heavy atom. The van der Waals surface area contributed by atoms with E-state index in [-0.39, 0.29) is 5.75 Å². The summed E-state index contributed by atoms with van der Waals surface area (Å²) < 4.78 is 5.17. The highest BCUT2D eigenvalue weighted by Crippen LogP contribution is 2.26. The number of benzene rings is 2. The van der Waals surface area contributed by atoms with Crippen LogP contribution >= 0.6 is 11.6 Å². The molecule has 0 aliphatic carbocycles. The summed E-state index contributed by atoms with van der Waals surface area (Å²) in [6, 6.07) is 14.0. The predicted octanol–water partition coefficient (Wildman–Crippen LogP) is 4.69. The van der Waals surface area contributed by atoms with Gasteiger partial charge in [0.2, 0.25) is 0 Å². The van der Waals surface area contributed by atoms with Crippen molar-refractivity contribution in [2.75, 3.05) is 0 Å². The third-order valence-corrected chi connectivity index (χ3v) is 3.61. The van der Waals surface area contributed by atoms with Gasteiger partial charge in [-0.3, -0.25) is 4.79 Å². The Hall–Kier alpha value is -2.85. The van der Waals surface area contributed by atoms with Gasteiger partial charge in [-0.25, -0.2) is 4.98 Å². The minimum atomic E-state index is -0.402. The molecule has 0 fully saturated rings. The third-order valence-electron chi connectivity index (χ3n) is 3.38. The normalized spacial score (nSPS) is 11.1. The van der Waals surface area contributed by atoms with Gasteiger partial charge in [-0.2, -0.15) is 0 Å². The molecule has 3 aromatic rings. The van der Waals surface area contributed by atoms with Gasteiger partial charge in [-0.05, 0) is 42.5 Å². The van der Waals surface area contributed by atoms with Gasteiger partial charge < -0.3 is 9.84 Å². The molecule has 1 heterocycles. The molecule has 5 heteroatoms. The van der Waals surface area contributed by atoms with Gasteiger partial charge in [0.15, 0.2) is 0 Å². The van der Waals surface area contributed by atoms with Crippen LogP contribution in [0.2, 0.25) is 5.02 Å². The zero-order chi connectivity index (χ0) is 17.1. The molecule has 0 radical (unpaired) electrons. The molecule has 24 heavy (non-hydrogen) atoms. The first-order valence-corrected chi connectivity index (χ1v) is 7.65. The van der Waals surface area contributed by atoms with E-state index in [0.29, 0.717) is 27.5 Å². The van der Waals surface area contributed by atoms with E-state index in [1.807, 2.05) is 18.2 Å². The van der Waals surface area contributed by atoms with Gasteiger partial charge in [-0.1, -0.05) is 29.8 Å². The minimum absolute atomic E-state index is 0.131. The van der Waals surface area contributed by atoms with Crippen molar-refractivity contribution in [2.24, 2.45) is 0 Å². The number of carbonyl (C=O) groups is 1. The van der Waals surface area contributed by atoms with Crippen LogP contribution in [0.25, 0.3) is 23.1 Å². The maximum Gasteiger partial charge on any atom is 0.308 e. The summed E-state index contributed by atoms with van der Waals surface area (Å²) in [5.74, 6) is 0.151. The summed E-state index contributed by atoms with van der Waals surface area (Å²) >= 11 is 6.01. The number of hydrogen-bond acceptors (Lipinski definition) is 4. The molecule has 0 amide bonds. The summed E-state index contributed by atoms with van der Waals surface area (Å²) in [6.07, 6.45) is 3.53. The van der Waals surface area contributed by atoms with Crippen LogP contribution in [0.5, 0.6) is 11.5 Å². The average molecular weight is 340 g/mol. The smallest absolute Gasteiger partial charge is 0.308 e. The quantitative estimate of drug-likeness (QED) is 0.555. The topological polar surface area (TPSA) is 59.4 Å². The molecule has 0 saturated heterocycles. The molecule has 0 aliphatic rings. The zero-order valence-electron chi connectivity index (χ0n) is 12.9. The number of para-hydroxylation sites is 1. The summed E-state index contributed by atoms with van der Waals surface area (Å²) in [7, 11) is 0. The summed E-state index contributed by atoms with van der Waals surface area (Å²) in [4.78, 5) is 15.6. The Morgan fingerprint density at radius 2 is 2.00 bits per heavy atom. The Labute approximate surface area is 144 Å². The Morgan fingerprint density at radius 1 is 1.17 bits per heavy atom. The van der Waals surface area contributed by atoms with Crippen molar-refractivity contribution in [1.29, 1.82) is 0 Å². The van der Waals surface area contributed by atoms with Gasteiger partial charge in [0, 0.05) is 22.9 Å². The first-order valence-electron chi connectivity index (χ1n) is 7.28. The number of aromatic nitrogens is 1. The molecule has 0 saturated carbocycles. The number of halogens is 1. The number of phenolic OH excluding ortho intramolecular Hbond substituents is 1.